The van der Waals surface area contributed by atoms with Gasteiger partial charge in [-0.25, -0.2) is 16.8 Å². The number of fused-ring (bicyclic) bond motifs is 1. The number of hydrogen-bond donors (Lipinski definition) is 0. The van der Waals surface area contributed by atoms with Crippen molar-refractivity contribution >= 4 is 30.6 Å². The SMILES string of the molecule is CN(Cc1cccc2ccccc12)S(=O)(=O)c1ccc(S(C)(=O)=O)cc1. The Morgan fingerprint density at radius 3 is 2.00 bits per heavy atom. The summed E-state index contributed by atoms with van der Waals surface area (Å²) in [6, 6.07) is 18.9. The number of nitrogens with zero attached hydrogens (tertiary/aromatic N) is 1. The van der Waals surface area contributed by atoms with Crippen LogP contribution in [0.15, 0.2) is 76.5 Å². The van der Waals surface area contributed by atoms with Gasteiger partial charge >= 0.3 is 0 Å². The van der Waals surface area contributed by atoms with Crippen LogP contribution in [0.1, 0.15) is 5.56 Å². The van der Waals surface area contributed by atoms with Gasteiger partial charge in [-0.3, -0.25) is 0 Å². The van der Waals surface area contributed by atoms with Gasteiger partial charge in [0.2, 0.25) is 10.0 Å². The fourth-order valence-electron chi connectivity index (χ4n) is 2.79. The summed E-state index contributed by atoms with van der Waals surface area (Å²) in [5, 5.41) is 2.05. The molecule has 0 aliphatic rings. The van der Waals surface area contributed by atoms with E-state index in [4.69, 9.17) is 0 Å². The molecule has 0 bridgehead atoms. The van der Waals surface area contributed by atoms with Crippen molar-refractivity contribution in [3.8, 4) is 0 Å². The van der Waals surface area contributed by atoms with E-state index in [1.807, 2.05) is 42.5 Å². The Labute approximate surface area is 153 Å². The quantitative estimate of drug-likeness (QED) is 0.672. The van der Waals surface area contributed by atoms with Gasteiger partial charge in [0.1, 0.15) is 0 Å². The number of sulfonamides is 1. The summed E-state index contributed by atoms with van der Waals surface area (Å²) >= 11 is 0. The Bertz CT molecular complexity index is 1150. The average molecular weight is 389 g/mol. The Morgan fingerprint density at radius 2 is 1.35 bits per heavy atom. The summed E-state index contributed by atoms with van der Waals surface area (Å²) in [6.45, 7) is 0.220. The van der Waals surface area contributed by atoms with Gasteiger partial charge in [0.15, 0.2) is 9.84 Å². The maximum absolute atomic E-state index is 12.8. The predicted molar refractivity (Wildman–Crippen MR) is 102 cm³/mol. The molecule has 3 rings (SSSR count). The van der Waals surface area contributed by atoms with Crippen LogP contribution in [0, 0.1) is 0 Å². The van der Waals surface area contributed by atoms with Crippen molar-refractivity contribution in [2.75, 3.05) is 13.3 Å². The third kappa shape index (κ3) is 3.65. The first-order valence-corrected chi connectivity index (χ1v) is 11.3. The normalized spacial score (nSPS) is 12.6. The predicted octanol–water partition coefficient (Wildman–Crippen LogP) is 3.06. The van der Waals surface area contributed by atoms with Crippen LogP contribution in [0.25, 0.3) is 10.8 Å². The van der Waals surface area contributed by atoms with Crippen LogP contribution in [0.2, 0.25) is 0 Å². The van der Waals surface area contributed by atoms with Gasteiger partial charge in [0.25, 0.3) is 0 Å². The zero-order valence-electron chi connectivity index (χ0n) is 14.5. The Kier molecular flexibility index (Phi) is 4.88. The van der Waals surface area contributed by atoms with Crippen LogP contribution in [0.4, 0.5) is 0 Å². The van der Waals surface area contributed by atoms with Gasteiger partial charge in [-0.15, -0.1) is 0 Å². The minimum atomic E-state index is -3.73. The van der Waals surface area contributed by atoms with Crippen molar-refractivity contribution in [1.82, 2.24) is 4.31 Å². The van der Waals surface area contributed by atoms with Crippen molar-refractivity contribution in [3.63, 3.8) is 0 Å². The molecule has 0 amide bonds. The van der Waals surface area contributed by atoms with Crippen LogP contribution in [0.3, 0.4) is 0 Å². The summed E-state index contributed by atoms with van der Waals surface area (Å²) in [7, 11) is -5.58. The van der Waals surface area contributed by atoms with E-state index in [2.05, 4.69) is 0 Å². The van der Waals surface area contributed by atoms with Crippen LogP contribution >= 0.6 is 0 Å². The highest BCUT2D eigenvalue weighted by Crippen LogP contribution is 2.23. The van der Waals surface area contributed by atoms with E-state index in [9.17, 15) is 16.8 Å². The maximum Gasteiger partial charge on any atom is 0.243 e. The molecule has 3 aromatic rings. The molecule has 0 fully saturated rings. The minimum Gasteiger partial charge on any atom is -0.224 e. The van der Waals surface area contributed by atoms with Gasteiger partial charge in [-0.1, -0.05) is 42.5 Å². The summed E-state index contributed by atoms with van der Waals surface area (Å²) < 4.78 is 50.0. The first-order chi connectivity index (χ1) is 12.2. The van der Waals surface area contributed by atoms with Crippen molar-refractivity contribution in [2.45, 2.75) is 16.3 Å². The molecule has 0 saturated heterocycles. The van der Waals surface area contributed by atoms with Crippen LogP contribution in [0.5, 0.6) is 0 Å². The zero-order chi connectivity index (χ0) is 18.9. The van der Waals surface area contributed by atoms with Crippen LogP contribution in [-0.2, 0) is 26.4 Å². The van der Waals surface area contributed by atoms with E-state index in [1.54, 1.807) is 0 Å². The molecule has 0 N–H and O–H groups in total. The summed E-state index contributed by atoms with van der Waals surface area (Å²) in [6.07, 6.45) is 1.09. The first-order valence-electron chi connectivity index (χ1n) is 7.93. The number of sulfone groups is 1. The second kappa shape index (κ2) is 6.83. The number of benzene rings is 3. The molecule has 0 spiro atoms. The molecule has 0 aliphatic heterocycles. The summed E-state index contributed by atoms with van der Waals surface area (Å²) in [5.41, 5.74) is 0.905. The van der Waals surface area contributed by atoms with Crippen molar-refractivity contribution < 1.29 is 16.8 Å². The van der Waals surface area contributed by atoms with Gasteiger partial charge in [-0.2, -0.15) is 4.31 Å². The highest BCUT2D eigenvalue weighted by Gasteiger charge is 2.22. The maximum atomic E-state index is 12.8. The third-order valence-corrected chi connectivity index (χ3v) is 7.18. The van der Waals surface area contributed by atoms with Crippen molar-refractivity contribution in [3.05, 3.63) is 72.3 Å². The number of rotatable bonds is 5. The zero-order valence-corrected chi connectivity index (χ0v) is 16.1. The molecular weight excluding hydrogens is 370 g/mol. The highest BCUT2D eigenvalue weighted by molar-refractivity contribution is 7.90. The molecule has 0 atom stereocenters. The lowest BCUT2D eigenvalue weighted by atomic mass is 10.0. The van der Waals surface area contributed by atoms with Crippen LogP contribution < -0.4 is 0 Å². The molecular formula is C19H19NO4S2. The summed E-state index contributed by atoms with van der Waals surface area (Å²) in [4.78, 5) is 0.154. The van der Waals surface area contributed by atoms with Crippen molar-refractivity contribution in [2.24, 2.45) is 0 Å². The first kappa shape index (κ1) is 18.6. The average Bonchev–Trinajstić information content (AvgIpc) is 2.61. The molecule has 3 aromatic carbocycles. The van der Waals surface area contributed by atoms with E-state index in [0.717, 1.165) is 22.6 Å². The lowest BCUT2D eigenvalue weighted by Crippen LogP contribution is -2.26. The van der Waals surface area contributed by atoms with Gasteiger partial charge < -0.3 is 0 Å². The third-order valence-electron chi connectivity index (χ3n) is 4.23. The van der Waals surface area contributed by atoms with E-state index >= 15 is 0 Å². The Morgan fingerprint density at radius 1 is 0.769 bits per heavy atom. The van der Waals surface area contributed by atoms with Crippen LogP contribution in [-0.4, -0.2) is 34.4 Å². The fraction of sp³-hybridized carbons (Fsp3) is 0.158. The highest BCUT2D eigenvalue weighted by atomic mass is 32.2. The molecule has 5 nitrogen and oxygen atoms in total. The number of hydrogen-bond acceptors (Lipinski definition) is 4. The minimum absolute atomic E-state index is 0.0626. The largest absolute Gasteiger partial charge is 0.243 e. The second-order valence-electron chi connectivity index (χ2n) is 6.14. The standard InChI is InChI=1S/C19H19NO4S2/c1-20(14-16-8-5-7-15-6-3-4-9-19(15)16)26(23,24)18-12-10-17(11-13-18)25(2,21)22/h3-13H,14H2,1-2H3. The second-order valence-corrected chi connectivity index (χ2v) is 10.2. The van der Waals surface area contributed by atoms with E-state index in [-0.39, 0.29) is 16.3 Å². The molecule has 136 valence electrons. The van der Waals surface area contributed by atoms with Gasteiger partial charge in [0.05, 0.1) is 9.79 Å². The molecule has 7 heteroatoms. The Balaban J connectivity index is 1.92. The molecule has 0 saturated carbocycles. The van der Waals surface area contributed by atoms with Gasteiger partial charge in [-0.05, 0) is 40.6 Å². The molecule has 0 unspecified atom stereocenters. The molecule has 0 aromatic heterocycles. The molecule has 26 heavy (non-hydrogen) atoms. The van der Waals surface area contributed by atoms with E-state index in [0.29, 0.717) is 0 Å². The smallest absolute Gasteiger partial charge is 0.224 e. The summed E-state index contributed by atoms with van der Waals surface area (Å²) in [5.74, 6) is 0. The lowest BCUT2D eigenvalue weighted by molar-refractivity contribution is 0.468. The Hall–Kier alpha value is -2.22. The lowest BCUT2D eigenvalue weighted by Gasteiger charge is -2.18. The molecule has 0 heterocycles. The fourth-order valence-corrected chi connectivity index (χ4v) is 4.57. The monoisotopic (exact) mass is 389 g/mol. The van der Waals surface area contributed by atoms with Gasteiger partial charge in [0, 0.05) is 19.8 Å². The topological polar surface area (TPSA) is 71.5 Å². The van der Waals surface area contributed by atoms with E-state index in [1.165, 1.54) is 35.6 Å². The van der Waals surface area contributed by atoms with E-state index < -0.39 is 19.9 Å². The van der Waals surface area contributed by atoms with Crippen molar-refractivity contribution in [1.29, 1.82) is 0 Å². The molecule has 0 aliphatic carbocycles. The molecule has 0 radical (unpaired) electrons.